The van der Waals surface area contributed by atoms with Gasteiger partial charge in [0.1, 0.15) is 0 Å². The van der Waals surface area contributed by atoms with Crippen molar-refractivity contribution in [2.75, 3.05) is 13.1 Å². The summed E-state index contributed by atoms with van der Waals surface area (Å²) < 4.78 is 0. The number of hydrogen-bond acceptors (Lipinski definition) is 8. The van der Waals surface area contributed by atoms with Crippen molar-refractivity contribution in [1.82, 2.24) is 10.6 Å². The zero-order valence-corrected chi connectivity index (χ0v) is 14.4. The fraction of sp³-hybridized carbons (Fsp3) is 0.250. The molecule has 8 N–H and O–H groups in total. The Morgan fingerprint density at radius 3 is 1.32 bits per heavy atom. The molecule has 0 aromatic heterocycles. The minimum atomic E-state index is -2.05. The highest BCUT2D eigenvalue weighted by Crippen LogP contribution is 2.15. The third kappa shape index (κ3) is 5.43. The highest BCUT2D eigenvalue weighted by molar-refractivity contribution is 6.21. The predicted octanol–water partition coefficient (Wildman–Crippen LogP) is -2.89. The van der Waals surface area contributed by atoms with Crippen LogP contribution in [0, 0.1) is 0 Å². The van der Waals surface area contributed by atoms with Gasteiger partial charge in [0.15, 0.2) is 23.7 Å². The average molecular weight is 394 g/mol. The molecular formula is C16H18N4O8. The molecule has 28 heavy (non-hydrogen) atoms. The number of benzene rings is 1. The Bertz CT molecular complexity index is 756. The number of carboxylic acid groups (broad SMARTS) is 2. The smallest absolute Gasteiger partial charge is 0.334 e. The van der Waals surface area contributed by atoms with Gasteiger partial charge in [-0.05, 0) is 0 Å². The zero-order valence-electron chi connectivity index (χ0n) is 14.4. The zero-order chi connectivity index (χ0) is 21.4. The van der Waals surface area contributed by atoms with E-state index in [0.29, 0.717) is 0 Å². The molecule has 12 heteroatoms. The number of nitrogens with one attached hydrogen (secondary N) is 2. The number of Topliss-reactive ketones (excluding diaryl/α,β-unsaturated/α-hetero) is 2. The molecule has 0 heterocycles. The van der Waals surface area contributed by atoms with E-state index in [1.807, 2.05) is 10.6 Å². The number of amides is 2. The number of carboxylic acids is 2. The molecule has 0 saturated carbocycles. The number of nitrogens with two attached hydrogens (primary N) is 2. The molecule has 2 atom stereocenters. The van der Waals surface area contributed by atoms with E-state index < -0.39 is 71.6 Å². The first-order valence-corrected chi connectivity index (χ1v) is 7.75. The van der Waals surface area contributed by atoms with Crippen molar-refractivity contribution in [1.29, 1.82) is 0 Å². The molecule has 0 aliphatic heterocycles. The minimum Gasteiger partial charge on any atom is -0.479 e. The van der Waals surface area contributed by atoms with Crippen LogP contribution in [0.2, 0.25) is 0 Å². The van der Waals surface area contributed by atoms with Gasteiger partial charge in [-0.2, -0.15) is 0 Å². The van der Waals surface area contributed by atoms with E-state index in [-0.39, 0.29) is 0 Å². The summed E-state index contributed by atoms with van der Waals surface area (Å²) in [6, 6.07) is 0.691. The van der Waals surface area contributed by atoms with Crippen LogP contribution in [0.4, 0.5) is 0 Å². The summed E-state index contributed by atoms with van der Waals surface area (Å²) in [4.78, 5) is 70.6. The van der Waals surface area contributed by atoms with Crippen LogP contribution in [0.15, 0.2) is 24.3 Å². The molecule has 0 bridgehead atoms. The molecular weight excluding hydrogens is 376 g/mol. The Kier molecular flexibility index (Phi) is 7.91. The van der Waals surface area contributed by atoms with Gasteiger partial charge in [0.25, 0.3) is 0 Å². The lowest BCUT2D eigenvalue weighted by Gasteiger charge is -2.17. The highest BCUT2D eigenvalue weighted by Gasteiger charge is 2.35. The Balaban J connectivity index is 3.34. The van der Waals surface area contributed by atoms with E-state index in [0.717, 1.165) is 12.1 Å². The van der Waals surface area contributed by atoms with Gasteiger partial charge in [-0.25, -0.2) is 9.59 Å². The highest BCUT2D eigenvalue weighted by atomic mass is 16.4. The molecule has 150 valence electrons. The second kappa shape index (κ2) is 9.89. The normalized spacial score (nSPS) is 12.4. The SMILES string of the molecule is NCC(=O)NC(C(=O)O)C(=O)c1ccccc1C(=O)C(NC(=O)CN)C(=O)O. The number of carbonyl (C=O) groups excluding carboxylic acids is 4. The van der Waals surface area contributed by atoms with Gasteiger partial charge in [-0.3, -0.25) is 19.2 Å². The van der Waals surface area contributed by atoms with Crippen molar-refractivity contribution >= 4 is 35.3 Å². The molecule has 0 spiro atoms. The van der Waals surface area contributed by atoms with Crippen LogP contribution in [0.5, 0.6) is 0 Å². The average Bonchev–Trinajstić information content (AvgIpc) is 2.68. The van der Waals surface area contributed by atoms with Crippen molar-refractivity contribution < 1.29 is 39.0 Å². The van der Waals surface area contributed by atoms with Gasteiger partial charge >= 0.3 is 11.9 Å². The number of ketones is 2. The summed E-state index contributed by atoms with van der Waals surface area (Å²) in [6.45, 7) is -1.16. The second-order valence-electron chi connectivity index (χ2n) is 5.36. The second-order valence-corrected chi connectivity index (χ2v) is 5.36. The van der Waals surface area contributed by atoms with Crippen LogP contribution < -0.4 is 22.1 Å². The van der Waals surface area contributed by atoms with Crippen LogP contribution in [0.1, 0.15) is 20.7 Å². The lowest BCUT2D eigenvalue weighted by Crippen LogP contribution is -2.50. The molecule has 12 nitrogen and oxygen atoms in total. The molecule has 1 aromatic carbocycles. The van der Waals surface area contributed by atoms with Gasteiger partial charge in [0.05, 0.1) is 13.1 Å². The maximum absolute atomic E-state index is 12.6. The predicted molar refractivity (Wildman–Crippen MR) is 92.3 cm³/mol. The summed E-state index contributed by atoms with van der Waals surface area (Å²) in [7, 11) is 0. The molecule has 0 aliphatic rings. The number of aliphatic carboxylic acids is 2. The first kappa shape index (κ1) is 22.4. The topological polar surface area (TPSA) is 219 Å². The molecule has 0 radical (unpaired) electrons. The molecule has 1 aromatic rings. The van der Waals surface area contributed by atoms with E-state index in [4.69, 9.17) is 11.5 Å². The lowest BCUT2D eigenvalue weighted by atomic mass is 9.93. The van der Waals surface area contributed by atoms with Crippen LogP contribution in [-0.4, -0.2) is 70.7 Å². The molecule has 1 rings (SSSR count). The van der Waals surface area contributed by atoms with Crippen LogP contribution in [0.25, 0.3) is 0 Å². The van der Waals surface area contributed by atoms with E-state index in [1.165, 1.54) is 12.1 Å². The van der Waals surface area contributed by atoms with Crippen LogP contribution >= 0.6 is 0 Å². The summed E-state index contributed by atoms with van der Waals surface area (Å²) in [5, 5.41) is 22.2. The summed E-state index contributed by atoms with van der Waals surface area (Å²) >= 11 is 0. The molecule has 2 amide bonds. The van der Waals surface area contributed by atoms with Gasteiger partial charge in [0.2, 0.25) is 11.8 Å². The standard InChI is InChI=1S/C16H18N4O8/c17-5-9(21)19-11(15(25)26)13(23)7-3-1-2-4-8(7)14(24)12(16(27)28)20-10(22)6-18/h1-4,11-12H,5-6,17-18H2,(H,19,21)(H,20,22)(H,25,26)(H,27,28). The Morgan fingerprint density at radius 2 is 1.07 bits per heavy atom. The molecule has 0 saturated heterocycles. The fourth-order valence-electron chi connectivity index (χ4n) is 2.14. The third-order valence-electron chi connectivity index (χ3n) is 3.46. The molecule has 0 aliphatic carbocycles. The van der Waals surface area contributed by atoms with Crippen molar-refractivity contribution in [3.8, 4) is 0 Å². The van der Waals surface area contributed by atoms with E-state index in [9.17, 15) is 39.0 Å². The van der Waals surface area contributed by atoms with E-state index >= 15 is 0 Å². The quantitative estimate of drug-likeness (QED) is 0.176. The van der Waals surface area contributed by atoms with Gasteiger partial charge in [0, 0.05) is 11.1 Å². The Morgan fingerprint density at radius 1 is 0.750 bits per heavy atom. The molecule has 2 unspecified atom stereocenters. The Labute approximate surface area is 157 Å². The van der Waals surface area contributed by atoms with Crippen molar-refractivity contribution in [3.63, 3.8) is 0 Å². The summed E-state index contributed by atoms with van der Waals surface area (Å²) in [6.07, 6.45) is 0. The van der Waals surface area contributed by atoms with Crippen molar-refractivity contribution in [2.24, 2.45) is 11.5 Å². The van der Waals surface area contributed by atoms with Gasteiger partial charge in [-0.1, -0.05) is 24.3 Å². The van der Waals surface area contributed by atoms with Crippen LogP contribution in [0.3, 0.4) is 0 Å². The number of carbonyl (C=O) groups is 6. The van der Waals surface area contributed by atoms with Crippen molar-refractivity contribution in [3.05, 3.63) is 35.4 Å². The van der Waals surface area contributed by atoms with Crippen molar-refractivity contribution in [2.45, 2.75) is 12.1 Å². The van der Waals surface area contributed by atoms with E-state index in [1.54, 1.807) is 0 Å². The number of rotatable bonds is 10. The molecule has 0 fully saturated rings. The van der Waals surface area contributed by atoms with Gasteiger partial charge in [-0.15, -0.1) is 0 Å². The fourth-order valence-corrected chi connectivity index (χ4v) is 2.14. The number of hydrogen-bond donors (Lipinski definition) is 6. The monoisotopic (exact) mass is 394 g/mol. The maximum atomic E-state index is 12.6. The summed E-state index contributed by atoms with van der Waals surface area (Å²) in [5.41, 5.74) is 9.26. The Hall–Kier alpha value is -3.64. The lowest BCUT2D eigenvalue weighted by molar-refractivity contribution is -0.140. The minimum absolute atomic E-state index is 0.453. The maximum Gasteiger partial charge on any atom is 0.334 e. The third-order valence-corrected chi connectivity index (χ3v) is 3.46. The summed E-state index contributed by atoms with van der Waals surface area (Å²) in [5.74, 6) is -7.62. The van der Waals surface area contributed by atoms with E-state index in [2.05, 4.69) is 0 Å². The first-order chi connectivity index (χ1) is 13.1. The van der Waals surface area contributed by atoms with Gasteiger partial charge < -0.3 is 32.3 Å². The van der Waals surface area contributed by atoms with Crippen LogP contribution in [-0.2, 0) is 19.2 Å². The largest absolute Gasteiger partial charge is 0.479 e. The first-order valence-electron chi connectivity index (χ1n) is 7.75.